The SMILES string of the molecule is COc1ccc(N)cc1S(=O)(=O)N1CC2CCC(O)C2C1. The van der Waals surface area contributed by atoms with Crippen molar-refractivity contribution < 1.29 is 18.3 Å². The molecule has 0 amide bonds. The van der Waals surface area contributed by atoms with Crippen LogP contribution in [0.15, 0.2) is 23.1 Å². The predicted octanol–water partition coefficient (Wildman–Crippen LogP) is 0.669. The number of hydrogen-bond acceptors (Lipinski definition) is 5. The summed E-state index contributed by atoms with van der Waals surface area (Å²) in [5, 5.41) is 9.93. The van der Waals surface area contributed by atoms with Gasteiger partial charge < -0.3 is 15.6 Å². The molecule has 3 rings (SSSR count). The van der Waals surface area contributed by atoms with Crippen LogP contribution in [0.1, 0.15) is 12.8 Å². The van der Waals surface area contributed by atoms with Gasteiger partial charge in [0.15, 0.2) is 0 Å². The second-order valence-electron chi connectivity index (χ2n) is 5.80. The lowest BCUT2D eigenvalue weighted by Gasteiger charge is -2.20. The highest BCUT2D eigenvalue weighted by molar-refractivity contribution is 7.89. The highest BCUT2D eigenvalue weighted by Gasteiger charge is 2.46. The third kappa shape index (κ3) is 2.39. The van der Waals surface area contributed by atoms with Crippen molar-refractivity contribution in [1.29, 1.82) is 0 Å². The normalized spacial score (nSPS) is 29.5. The third-order valence-electron chi connectivity index (χ3n) is 4.59. The number of aliphatic hydroxyl groups is 1. The van der Waals surface area contributed by atoms with Crippen molar-refractivity contribution in [2.45, 2.75) is 23.8 Å². The number of benzene rings is 1. The second kappa shape index (κ2) is 5.15. The smallest absolute Gasteiger partial charge is 0.246 e. The molecule has 3 atom stereocenters. The number of ether oxygens (including phenoxy) is 1. The molecule has 1 aromatic carbocycles. The van der Waals surface area contributed by atoms with Gasteiger partial charge in [-0.3, -0.25) is 0 Å². The third-order valence-corrected chi connectivity index (χ3v) is 6.44. The van der Waals surface area contributed by atoms with Gasteiger partial charge in [-0.1, -0.05) is 0 Å². The first kappa shape index (κ1) is 14.6. The second-order valence-corrected chi connectivity index (χ2v) is 7.71. The van der Waals surface area contributed by atoms with Crippen LogP contribution in [0.4, 0.5) is 5.69 Å². The minimum Gasteiger partial charge on any atom is -0.495 e. The number of nitrogens with zero attached hydrogens (tertiary/aromatic N) is 1. The molecule has 6 nitrogen and oxygen atoms in total. The van der Waals surface area contributed by atoms with Crippen LogP contribution in [0.25, 0.3) is 0 Å². The first-order valence-electron chi connectivity index (χ1n) is 7.05. The summed E-state index contributed by atoms with van der Waals surface area (Å²) in [6.45, 7) is 0.828. The fourth-order valence-electron chi connectivity index (χ4n) is 3.43. The van der Waals surface area contributed by atoms with Crippen LogP contribution in [-0.4, -0.2) is 44.1 Å². The fraction of sp³-hybridized carbons (Fsp3) is 0.571. The van der Waals surface area contributed by atoms with Crippen molar-refractivity contribution >= 4 is 15.7 Å². The number of nitrogens with two attached hydrogens (primary N) is 1. The summed E-state index contributed by atoms with van der Waals surface area (Å²) < 4.78 is 32.2. The zero-order valence-corrected chi connectivity index (χ0v) is 12.7. The number of nitrogen functional groups attached to an aromatic ring is 1. The molecule has 1 heterocycles. The quantitative estimate of drug-likeness (QED) is 0.800. The van der Waals surface area contributed by atoms with Crippen molar-refractivity contribution in [3.05, 3.63) is 18.2 Å². The van der Waals surface area contributed by atoms with Crippen molar-refractivity contribution in [3.63, 3.8) is 0 Å². The average Bonchev–Trinajstić information content (AvgIpc) is 3.02. The molecule has 1 aliphatic heterocycles. The molecule has 21 heavy (non-hydrogen) atoms. The Balaban J connectivity index is 1.93. The van der Waals surface area contributed by atoms with Gasteiger partial charge in [0.1, 0.15) is 10.6 Å². The summed E-state index contributed by atoms with van der Waals surface area (Å²) in [5.74, 6) is 0.593. The Hall–Kier alpha value is -1.31. The molecule has 1 saturated carbocycles. The molecule has 1 saturated heterocycles. The van der Waals surface area contributed by atoms with Gasteiger partial charge in [-0.15, -0.1) is 0 Å². The number of fused-ring (bicyclic) bond motifs is 1. The Kier molecular flexibility index (Phi) is 3.59. The summed E-state index contributed by atoms with van der Waals surface area (Å²) in [7, 11) is -2.21. The maximum absolute atomic E-state index is 12.8. The molecule has 0 bridgehead atoms. The van der Waals surface area contributed by atoms with E-state index >= 15 is 0 Å². The van der Waals surface area contributed by atoms with Crippen LogP contribution in [-0.2, 0) is 10.0 Å². The van der Waals surface area contributed by atoms with Crippen molar-refractivity contribution in [3.8, 4) is 5.75 Å². The first-order chi connectivity index (χ1) is 9.93. The lowest BCUT2D eigenvalue weighted by atomic mass is 10.00. The van der Waals surface area contributed by atoms with Crippen LogP contribution >= 0.6 is 0 Å². The van der Waals surface area contributed by atoms with Gasteiger partial charge in [0.2, 0.25) is 10.0 Å². The molecule has 0 aromatic heterocycles. The van der Waals surface area contributed by atoms with Gasteiger partial charge in [0.05, 0.1) is 13.2 Å². The van der Waals surface area contributed by atoms with E-state index < -0.39 is 16.1 Å². The van der Waals surface area contributed by atoms with Crippen LogP contribution in [0.5, 0.6) is 5.75 Å². The van der Waals surface area contributed by atoms with E-state index in [1.165, 1.54) is 17.5 Å². The standard InChI is InChI=1S/C14H20N2O4S/c1-20-13-5-3-10(15)6-14(13)21(18,19)16-7-9-2-4-12(17)11(9)8-16/h3,5-6,9,11-12,17H,2,4,7-8,15H2,1H3. The minimum absolute atomic E-state index is 0.0480. The summed E-state index contributed by atoms with van der Waals surface area (Å²) >= 11 is 0. The number of hydrogen-bond donors (Lipinski definition) is 2. The minimum atomic E-state index is -3.65. The Morgan fingerprint density at radius 2 is 2.10 bits per heavy atom. The molecule has 0 radical (unpaired) electrons. The summed E-state index contributed by atoms with van der Waals surface area (Å²) in [6.07, 6.45) is 1.26. The van der Waals surface area contributed by atoms with Crippen LogP contribution < -0.4 is 10.5 Å². The highest BCUT2D eigenvalue weighted by Crippen LogP contribution is 2.41. The van der Waals surface area contributed by atoms with E-state index in [1.807, 2.05) is 0 Å². The Morgan fingerprint density at radius 3 is 2.76 bits per heavy atom. The molecule has 7 heteroatoms. The topological polar surface area (TPSA) is 92.9 Å². The van der Waals surface area contributed by atoms with E-state index in [0.29, 0.717) is 24.5 Å². The maximum Gasteiger partial charge on any atom is 0.246 e. The van der Waals surface area contributed by atoms with E-state index in [0.717, 1.165) is 12.8 Å². The Morgan fingerprint density at radius 1 is 1.33 bits per heavy atom. The predicted molar refractivity (Wildman–Crippen MR) is 78.4 cm³/mol. The number of aliphatic hydroxyl groups excluding tert-OH is 1. The first-order valence-corrected chi connectivity index (χ1v) is 8.49. The summed E-state index contributed by atoms with van der Waals surface area (Å²) in [5.41, 5.74) is 6.10. The Labute approximate surface area is 124 Å². The highest BCUT2D eigenvalue weighted by atomic mass is 32.2. The number of rotatable bonds is 3. The molecule has 3 unspecified atom stereocenters. The molecule has 0 spiro atoms. The molecule has 2 aliphatic rings. The molecular weight excluding hydrogens is 292 g/mol. The molecule has 1 aromatic rings. The van der Waals surface area contributed by atoms with Crippen molar-refractivity contribution in [2.24, 2.45) is 11.8 Å². The van der Waals surface area contributed by atoms with E-state index in [1.54, 1.807) is 12.1 Å². The number of methoxy groups -OCH3 is 1. The summed E-state index contributed by atoms with van der Waals surface area (Å²) in [6, 6.07) is 4.60. The lowest BCUT2D eigenvalue weighted by Crippen LogP contribution is -2.31. The van der Waals surface area contributed by atoms with E-state index in [-0.39, 0.29) is 16.7 Å². The van der Waals surface area contributed by atoms with Crippen molar-refractivity contribution in [1.82, 2.24) is 4.31 Å². The van der Waals surface area contributed by atoms with Gasteiger partial charge in [-0.2, -0.15) is 4.31 Å². The van der Waals surface area contributed by atoms with Gasteiger partial charge >= 0.3 is 0 Å². The molecule has 116 valence electrons. The molecule has 2 fully saturated rings. The van der Waals surface area contributed by atoms with E-state index in [9.17, 15) is 13.5 Å². The number of anilines is 1. The largest absolute Gasteiger partial charge is 0.495 e. The van der Waals surface area contributed by atoms with Crippen molar-refractivity contribution in [2.75, 3.05) is 25.9 Å². The fourth-order valence-corrected chi connectivity index (χ4v) is 5.15. The van der Waals surface area contributed by atoms with Gasteiger partial charge in [0.25, 0.3) is 0 Å². The van der Waals surface area contributed by atoms with E-state index in [2.05, 4.69) is 0 Å². The van der Waals surface area contributed by atoms with E-state index in [4.69, 9.17) is 10.5 Å². The molecule has 3 N–H and O–H groups in total. The summed E-state index contributed by atoms with van der Waals surface area (Å²) in [4.78, 5) is 0.0967. The maximum atomic E-state index is 12.8. The average molecular weight is 312 g/mol. The molecule has 1 aliphatic carbocycles. The Bertz CT molecular complexity index is 646. The molecular formula is C14H20N2O4S. The number of sulfonamides is 1. The van der Waals surface area contributed by atoms with Crippen LogP contribution in [0, 0.1) is 11.8 Å². The monoisotopic (exact) mass is 312 g/mol. The van der Waals surface area contributed by atoms with Gasteiger partial charge in [-0.05, 0) is 37.0 Å². The van der Waals surface area contributed by atoms with Gasteiger partial charge in [-0.25, -0.2) is 8.42 Å². The van der Waals surface area contributed by atoms with Crippen LogP contribution in [0.3, 0.4) is 0 Å². The zero-order chi connectivity index (χ0) is 15.2. The lowest BCUT2D eigenvalue weighted by molar-refractivity contribution is 0.129. The van der Waals surface area contributed by atoms with Crippen LogP contribution in [0.2, 0.25) is 0 Å². The van der Waals surface area contributed by atoms with Gasteiger partial charge in [0, 0.05) is 24.7 Å². The zero-order valence-electron chi connectivity index (χ0n) is 11.9.